The van der Waals surface area contributed by atoms with Crippen LogP contribution in [0.3, 0.4) is 0 Å². The fraction of sp³-hybridized carbons (Fsp3) is 0.118. The Morgan fingerprint density at radius 1 is 1.10 bits per heavy atom. The van der Waals surface area contributed by atoms with E-state index in [4.69, 9.17) is 12.2 Å². The maximum atomic E-state index is 11.9. The minimum atomic E-state index is -0.0935. The standard InChI is InChI=1S/C17H16N2O/c1-2-13-3-7-15(8-4-13)17(20)19-12-11-14-5-9-16(18)10-6-14/h1,3-10H,11-12,18H2,(H,19,20). The molecule has 0 atom stereocenters. The Labute approximate surface area is 118 Å². The van der Waals surface area contributed by atoms with Crippen molar-refractivity contribution in [1.82, 2.24) is 5.32 Å². The highest BCUT2D eigenvalue weighted by Gasteiger charge is 2.04. The van der Waals surface area contributed by atoms with Gasteiger partial charge in [0.15, 0.2) is 0 Å². The number of nitrogens with one attached hydrogen (secondary N) is 1. The molecule has 2 rings (SSSR count). The fourth-order valence-electron chi connectivity index (χ4n) is 1.82. The molecule has 0 bridgehead atoms. The number of carbonyl (C=O) groups excluding carboxylic acids is 1. The summed E-state index contributed by atoms with van der Waals surface area (Å²) in [5, 5.41) is 2.88. The molecule has 0 aliphatic rings. The summed E-state index contributed by atoms with van der Waals surface area (Å²) < 4.78 is 0. The lowest BCUT2D eigenvalue weighted by atomic mass is 10.1. The van der Waals surface area contributed by atoms with Crippen molar-refractivity contribution in [2.45, 2.75) is 6.42 Å². The number of nitrogens with two attached hydrogens (primary N) is 1. The van der Waals surface area contributed by atoms with Gasteiger partial charge < -0.3 is 11.1 Å². The second-order valence-corrected chi connectivity index (χ2v) is 4.47. The van der Waals surface area contributed by atoms with Gasteiger partial charge >= 0.3 is 0 Å². The number of rotatable bonds is 4. The average Bonchev–Trinajstić information content (AvgIpc) is 2.49. The topological polar surface area (TPSA) is 55.1 Å². The number of amides is 1. The summed E-state index contributed by atoms with van der Waals surface area (Å²) in [5.74, 6) is 2.43. The van der Waals surface area contributed by atoms with E-state index in [1.807, 2.05) is 24.3 Å². The highest BCUT2D eigenvalue weighted by molar-refractivity contribution is 5.94. The molecule has 0 unspecified atom stereocenters. The molecular formula is C17H16N2O. The van der Waals surface area contributed by atoms with Gasteiger partial charge in [0.1, 0.15) is 0 Å². The normalized spacial score (nSPS) is 9.75. The number of carbonyl (C=O) groups is 1. The van der Waals surface area contributed by atoms with Gasteiger partial charge in [0, 0.05) is 23.4 Å². The van der Waals surface area contributed by atoms with Gasteiger partial charge in [-0.2, -0.15) is 0 Å². The summed E-state index contributed by atoms with van der Waals surface area (Å²) in [6.07, 6.45) is 6.04. The lowest BCUT2D eigenvalue weighted by molar-refractivity contribution is 0.0954. The van der Waals surface area contributed by atoms with Crippen molar-refractivity contribution < 1.29 is 4.79 Å². The number of hydrogen-bond donors (Lipinski definition) is 2. The van der Waals surface area contributed by atoms with Gasteiger partial charge in [-0.25, -0.2) is 0 Å². The Balaban J connectivity index is 1.85. The molecule has 0 saturated carbocycles. The van der Waals surface area contributed by atoms with Gasteiger partial charge in [0.2, 0.25) is 0 Å². The van der Waals surface area contributed by atoms with Crippen molar-refractivity contribution in [3.05, 3.63) is 65.2 Å². The van der Waals surface area contributed by atoms with Crippen molar-refractivity contribution in [3.63, 3.8) is 0 Å². The minimum Gasteiger partial charge on any atom is -0.399 e. The molecule has 2 aromatic carbocycles. The van der Waals surface area contributed by atoms with Crippen LogP contribution in [0.2, 0.25) is 0 Å². The maximum absolute atomic E-state index is 11.9. The summed E-state index contributed by atoms with van der Waals surface area (Å²) in [7, 11) is 0. The van der Waals surface area contributed by atoms with Crippen LogP contribution in [0, 0.1) is 12.3 Å². The van der Waals surface area contributed by atoms with Gasteiger partial charge in [-0.05, 0) is 48.4 Å². The van der Waals surface area contributed by atoms with Gasteiger partial charge in [0.25, 0.3) is 5.91 Å². The number of benzene rings is 2. The Bertz CT molecular complexity index is 622. The zero-order valence-electron chi connectivity index (χ0n) is 11.1. The zero-order chi connectivity index (χ0) is 14.4. The van der Waals surface area contributed by atoms with Gasteiger partial charge in [-0.15, -0.1) is 6.42 Å². The van der Waals surface area contributed by atoms with Gasteiger partial charge in [-0.1, -0.05) is 18.1 Å². The van der Waals surface area contributed by atoms with Crippen molar-refractivity contribution in [1.29, 1.82) is 0 Å². The van der Waals surface area contributed by atoms with E-state index in [2.05, 4.69) is 11.2 Å². The van der Waals surface area contributed by atoms with Crippen LogP contribution in [0.1, 0.15) is 21.5 Å². The van der Waals surface area contributed by atoms with Crippen LogP contribution < -0.4 is 11.1 Å². The molecule has 0 saturated heterocycles. The quantitative estimate of drug-likeness (QED) is 0.657. The summed E-state index contributed by atoms with van der Waals surface area (Å²) in [5.41, 5.74) is 8.88. The highest BCUT2D eigenvalue weighted by Crippen LogP contribution is 2.06. The fourth-order valence-corrected chi connectivity index (χ4v) is 1.82. The molecule has 0 aliphatic heterocycles. The number of hydrogen-bond acceptors (Lipinski definition) is 2. The predicted octanol–water partition coefficient (Wildman–Crippen LogP) is 2.22. The van der Waals surface area contributed by atoms with E-state index in [-0.39, 0.29) is 5.91 Å². The van der Waals surface area contributed by atoms with Crippen LogP contribution in [-0.2, 0) is 6.42 Å². The van der Waals surface area contributed by atoms with Crippen molar-refractivity contribution in [3.8, 4) is 12.3 Å². The van der Waals surface area contributed by atoms with Gasteiger partial charge in [0.05, 0.1) is 0 Å². The molecule has 0 radical (unpaired) electrons. The summed E-state index contributed by atoms with van der Waals surface area (Å²) in [4.78, 5) is 11.9. The zero-order valence-corrected chi connectivity index (χ0v) is 11.1. The van der Waals surface area contributed by atoms with E-state index in [1.165, 1.54) is 0 Å². The molecule has 3 heteroatoms. The monoisotopic (exact) mass is 264 g/mol. The summed E-state index contributed by atoms with van der Waals surface area (Å²) in [6.45, 7) is 0.583. The SMILES string of the molecule is C#Cc1ccc(C(=O)NCCc2ccc(N)cc2)cc1. The molecule has 1 amide bonds. The lowest BCUT2D eigenvalue weighted by Crippen LogP contribution is -2.25. The third-order valence-corrected chi connectivity index (χ3v) is 2.99. The summed E-state index contributed by atoms with van der Waals surface area (Å²) in [6, 6.07) is 14.6. The van der Waals surface area contributed by atoms with Crippen LogP contribution in [0.5, 0.6) is 0 Å². The molecule has 0 aliphatic carbocycles. The first kappa shape index (κ1) is 13.7. The van der Waals surface area contributed by atoms with Crippen molar-refractivity contribution in [2.75, 3.05) is 12.3 Å². The molecule has 0 heterocycles. The number of anilines is 1. The van der Waals surface area contributed by atoms with Crippen LogP contribution in [-0.4, -0.2) is 12.5 Å². The highest BCUT2D eigenvalue weighted by atomic mass is 16.1. The molecular weight excluding hydrogens is 248 g/mol. The van der Waals surface area contributed by atoms with Crippen LogP contribution in [0.15, 0.2) is 48.5 Å². The Hall–Kier alpha value is -2.73. The third-order valence-electron chi connectivity index (χ3n) is 2.99. The van der Waals surface area contributed by atoms with E-state index in [9.17, 15) is 4.79 Å². The van der Waals surface area contributed by atoms with Crippen molar-refractivity contribution in [2.24, 2.45) is 0 Å². The van der Waals surface area contributed by atoms with E-state index >= 15 is 0 Å². The number of nitrogen functional groups attached to an aromatic ring is 1. The second-order valence-electron chi connectivity index (χ2n) is 4.47. The predicted molar refractivity (Wildman–Crippen MR) is 81.3 cm³/mol. The first-order valence-electron chi connectivity index (χ1n) is 6.38. The van der Waals surface area contributed by atoms with E-state index in [0.29, 0.717) is 12.1 Å². The minimum absolute atomic E-state index is 0.0935. The van der Waals surface area contributed by atoms with Crippen molar-refractivity contribution >= 4 is 11.6 Å². The van der Waals surface area contributed by atoms with Crippen LogP contribution in [0.25, 0.3) is 0 Å². The third kappa shape index (κ3) is 3.63. The van der Waals surface area contributed by atoms with E-state index < -0.39 is 0 Å². The summed E-state index contributed by atoms with van der Waals surface area (Å²) >= 11 is 0. The van der Waals surface area contributed by atoms with Gasteiger partial charge in [-0.3, -0.25) is 4.79 Å². The Morgan fingerprint density at radius 3 is 2.35 bits per heavy atom. The lowest BCUT2D eigenvalue weighted by Gasteiger charge is -2.06. The van der Waals surface area contributed by atoms with Crippen LogP contribution in [0.4, 0.5) is 5.69 Å². The largest absolute Gasteiger partial charge is 0.399 e. The molecule has 0 fully saturated rings. The first-order valence-corrected chi connectivity index (χ1v) is 6.38. The van der Waals surface area contributed by atoms with E-state index in [0.717, 1.165) is 23.2 Å². The number of terminal acetylenes is 1. The molecule has 3 N–H and O–H groups in total. The second kappa shape index (κ2) is 6.44. The average molecular weight is 264 g/mol. The molecule has 0 spiro atoms. The molecule has 3 nitrogen and oxygen atoms in total. The smallest absolute Gasteiger partial charge is 0.251 e. The molecule has 20 heavy (non-hydrogen) atoms. The van der Waals surface area contributed by atoms with Crippen LogP contribution >= 0.6 is 0 Å². The molecule has 0 aromatic heterocycles. The Morgan fingerprint density at radius 2 is 1.75 bits per heavy atom. The molecule has 2 aromatic rings. The maximum Gasteiger partial charge on any atom is 0.251 e. The first-order chi connectivity index (χ1) is 9.69. The molecule has 100 valence electrons. The Kier molecular flexibility index (Phi) is 4.41. The van der Waals surface area contributed by atoms with E-state index in [1.54, 1.807) is 24.3 Å².